The van der Waals surface area contributed by atoms with Crippen LogP contribution in [0.15, 0.2) is 22.4 Å². The van der Waals surface area contributed by atoms with Gasteiger partial charge in [0.2, 0.25) is 0 Å². The van der Waals surface area contributed by atoms with Crippen LogP contribution in [-0.2, 0) is 16.1 Å². The van der Waals surface area contributed by atoms with Crippen molar-refractivity contribution in [1.29, 1.82) is 5.26 Å². The second-order valence-electron chi connectivity index (χ2n) is 7.64. The molecule has 2 atom stereocenters. The number of nitrogens with zero attached hydrogens (tertiary/aromatic N) is 4. The number of anilines is 1. The van der Waals surface area contributed by atoms with Crippen LogP contribution in [0, 0.1) is 18.3 Å². The Hall–Kier alpha value is -2.41. The highest BCUT2D eigenvalue weighted by Gasteiger charge is 2.33. The summed E-state index contributed by atoms with van der Waals surface area (Å²) in [4.78, 5) is 30.1. The first-order valence-electron chi connectivity index (χ1n) is 10.2. The van der Waals surface area contributed by atoms with Gasteiger partial charge < -0.3 is 9.64 Å². The van der Waals surface area contributed by atoms with E-state index in [-0.39, 0.29) is 29.2 Å². The van der Waals surface area contributed by atoms with Gasteiger partial charge in [-0.05, 0) is 39.3 Å². The molecular weight excluding hydrogens is 432 g/mol. The Morgan fingerprint density at radius 1 is 1.32 bits per heavy atom. The fourth-order valence-corrected chi connectivity index (χ4v) is 5.30. The molecule has 164 valence electrons. The van der Waals surface area contributed by atoms with E-state index in [2.05, 4.69) is 17.5 Å². The number of aromatic nitrogens is 1. The van der Waals surface area contributed by atoms with Gasteiger partial charge in [0.25, 0.3) is 11.5 Å². The van der Waals surface area contributed by atoms with E-state index in [0.29, 0.717) is 52.3 Å². The van der Waals surface area contributed by atoms with Gasteiger partial charge in [-0.1, -0.05) is 30.1 Å². The van der Waals surface area contributed by atoms with Crippen LogP contribution in [-0.4, -0.2) is 51.5 Å². The molecular formula is C22H26N4O3S2. The summed E-state index contributed by atoms with van der Waals surface area (Å²) in [7, 11) is 0. The van der Waals surface area contributed by atoms with Crippen molar-refractivity contribution >= 4 is 46.1 Å². The van der Waals surface area contributed by atoms with Gasteiger partial charge in [0.1, 0.15) is 21.8 Å². The lowest BCUT2D eigenvalue weighted by molar-refractivity contribution is -0.121. The lowest BCUT2D eigenvalue weighted by atomic mass is 10.0. The molecule has 0 aliphatic carbocycles. The van der Waals surface area contributed by atoms with Crippen molar-refractivity contribution in [2.24, 2.45) is 0 Å². The summed E-state index contributed by atoms with van der Waals surface area (Å²) in [6.07, 6.45) is 3.37. The maximum Gasteiger partial charge on any atom is 0.270 e. The summed E-state index contributed by atoms with van der Waals surface area (Å²) in [5.41, 5.74) is 1.03. The van der Waals surface area contributed by atoms with Crippen LogP contribution in [0.25, 0.3) is 6.08 Å². The average Bonchev–Trinajstić information content (AvgIpc) is 2.97. The molecule has 0 N–H and O–H groups in total. The fourth-order valence-electron chi connectivity index (χ4n) is 4.05. The Labute approximate surface area is 192 Å². The largest absolute Gasteiger partial charge is 0.372 e. The van der Waals surface area contributed by atoms with E-state index < -0.39 is 0 Å². The molecule has 2 fully saturated rings. The molecule has 1 aromatic heterocycles. The molecule has 0 bridgehead atoms. The molecule has 0 aromatic carbocycles. The van der Waals surface area contributed by atoms with Crippen molar-refractivity contribution in [3.8, 4) is 6.07 Å². The van der Waals surface area contributed by atoms with Crippen molar-refractivity contribution in [3.63, 3.8) is 0 Å². The molecule has 0 saturated carbocycles. The highest BCUT2D eigenvalue weighted by Crippen LogP contribution is 2.36. The number of carbonyl (C=O) groups is 1. The van der Waals surface area contributed by atoms with E-state index in [4.69, 9.17) is 17.0 Å². The number of pyridine rings is 1. The third-order valence-electron chi connectivity index (χ3n) is 5.34. The van der Waals surface area contributed by atoms with Gasteiger partial charge in [-0.2, -0.15) is 5.26 Å². The number of amides is 1. The van der Waals surface area contributed by atoms with Crippen LogP contribution in [0.4, 0.5) is 5.82 Å². The predicted molar refractivity (Wildman–Crippen MR) is 128 cm³/mol. The van der Waals surface area contributed by atoms with Crippen LogP contribution >= 0.6 is 24.0 Å². The summed E-state index contributed by atoms with van der Waals surface area (Å²) in [5.74, 6) is 0.511. The number of nitriles is 1. The normalized spacial score (nSPS) is 22.9. The number of ether oxygens (including phenoxy) is 1. The second-order valence-corrected chi connectivity index (χ2v) is 9.32. The summed E-state index contributed by atoms with van der Waals surface area (Å²) in [5, 5.41) is 9.67. The Kier molecular flexibility index (Phi) is 7.04. The van der Waals surface area contributed by atoms with Crippen LogP contribution in [0.3, 0.4) is 0 Å². The van der Waals surface area contributed by atoms with Gasteiger partial charge in [-0.25, -0.2) is 0 Å². The Morgan fingerprint density at radius 2 is 1.97 bits per heavy atom. The summed E-state index contributed by atoms with van der Waals surface area (Å²) in [6, 6.07) is 2.05. The fraction of sp³-hybridized carbons (Fsp3) is 0.455. The molecule has 7 nitrogen and oxygen atoms in total. The van der Waals surface area contributed by atoms with Crippen molar-refractivity contribution in [2.75, 3.05) is 24.5 Å². The van der Waals surface area contributed by atoms with Gasteiger partial charge in [-0.15, -0.1) is 6.58 Å². The predicted octanol–water partition coefficient (Wildman–Crippen LogP) is 3.05. The van der Waals surface area contributed by atoms with Crippen molar-refractivity contribution in [3.05, 3.63) is 44.6 Å². The van der Waals surface area contributed by atoms with Crippen molar-refractivity contribution < 1.29 is 9.53 Å². The lowest BCUT2D eigenvalue weighted by Crippen LogP contribution is -2.48. The molecule has 1 amide bonds. The summed E-state index contributed by atoms with van der Waals surface area (Å²) in [6.45, 7) is 13.3. The van der Waals surface area contributed by atoms with Crippen LogP contribution < -0.4 is 10.5 Å². The van der Waals surface area contributed by atoms with Crippen molar-refractivity contribution in [1.82, 2.24) is 9.47 Å². The Balaban J connectivity index is 2.25. The first kappa shape index (κ1) is 23.3. The van der Waals surface area contributed by atoms with Gasteiger partial charge >= 0.3 is 0 Å². The Morgan fingerprint density at radius 3 is 2.52 bits per heavy atom. The topological polar surface area (TPSA) is 78.6 Å². The lowest BCUT2D eigenvalue weighted by Gasteiger charge is -2.39. The number of thiocarbonyl (C=S) groups is 1. The summed E-state index contributed by atoms with van der Waals surface area (Å²) >= 11 is 6.58. The SMILES string of the molecule is C=CCN1C(=O)/C(=C/c2c(C)c(C#N)c(=O)n(CC)c2N2CC(C)OC(C)C2)SC1=S. The van der Waals surface area contributed by atoms with E-state index in [0.717, 1.165) is 0 Å². The third-order valence-corrected chi connectivity index (χ3v) is 6.72. The monoisotopic (exact) mass is 458 g/mol. The zero-order valence-electron chi connectivity index (χ0n) is 18.2. The second kappa shape index (κ2) is 9.39. The van der Waals surface area contributed by atoms with Gasteiger partial charge in [-0.3, -0.25) is 19.1 Å². The van der Waals surface area contributed by atoms with E-state index in [9.17, 15) is 14.9 Å². The first-order chi connectivity index (χ1) is 14.7. The molecule has 0 radical (unpaired) electrons. The molecule has 2 aliphatic heterocycles. The highest BCUT2D eigenvalue weighted by atomic mass is 32.2. The molecule has 2 aliphatic rings. The minimum absolute atomic E-state index is 0.0150. The van der Waals surface area contributed by atoms with Crippen LogP contribution in [0.2, 0.25) is 0 Å². The number of carbonyl (C=O) groups excluding carboxylic acids is 1. The van der Waals surface area contributed by atoms with Gasteiger partial charge in [0.15, 0.2) is 0 Å². The number of hydrogen-bond donors (Lipinski definition) is 0. The maximum absolute atomic E-state index is 13.1. The molecule has 2 saturated heterocycles. The van der Waals surface area contributed by atoms with Gasteiger partial charge in [0, 0.05) is 31.7 Å². The zero-order chi connectivity index (χ0) is 22.9. The molecule has 2 unspecified atom stereocenters. The number of thioether (sulfide) groups is 1. The minimum Gasteiger partial charge on any atom is -0.372 e. The third kappa shape index (κ3) is 4.33. The van der Waals surface area contributed by atoms with E-state index in [1.807, 2.05) is 20.8 Å². The van der Waals surface area contributed by atoms with E-state index in [1.165, 1.54) is 16.7 Å². The standard InChI is InChI=1S/C22H26N4O3S2/c1-6-8-26-21(28)18(31-22(26)30)9-16-15(5)17(10-23)20(27)25(7-2)19(16)24-11-13(3)29-14(4)12-24/h6,9,13-14H,1,7-8,11-12H2,2-5H3/b18-9-. The molecule has 1 aromatic rings. The number of hydrogen-bond acceptors (Lipinski definition) is 7. The number of rotatable bonds is 5. The van der Waals surface area contributed by atoms with E-state index >= 15 is 0 Å². The molecule has 9 heteroatoms. The number of morpholine rings is 1. The molecule has 31 heavy (non-hydrogen) atoms. The summed E-state index contributed by atoms with van der Waals surface area (Å²) < 4.78 is 7.96. The molecule has 3 heterocycles. The smallest absolute Gasteiger partial charge is 0.270 e. The van der Waals surface area contributed by atoms with Crippen LogP contribution in [0.5, 0.6) is 0 Å². The average molecular weight is 459 g/mol. The zero-order valence-corrected chi connectivity index (χ0v) is 19.8. The Bertz CT molecular complexity index is 1060. The minimum atomic E-state index is -0.319. The van der Waals surface area contributed by atoms with Gasteiger partial charge in [0.05, 0.1) is 17.1 Å². The molecule has 0 spiro atoms. The maximum atomic E-state index is 13.1. The quantitative estimate of drug-likeness (QED) is 0.381. The van der Waals surface area contributed by atoms with Crippen molar-refractivity contribution in [2.45, 2.75) is 46.4 Å². The van der Waals surface area contributed by atoms with Crippen LogP contribution in [0.1, 0.15) is 37.5 Å². The first-order valence-corrected chi connectivity index (χ1v) is 11.4. The highest BCUT2D eigenvalue weighted by molar-refractivity contribution is 8.26. The molecule has 3 rings (SSSR count). The van der Waals surface area contributed by atoms with E-state index in [1.54, 1.807) is 23.6 Å².